The molecule has 1 atom stereocenters. The maximum absolute atomic E-state index is 12.6. The van der Waals surface area contributed by atoms with E-state index in [1.165, 1.54) is 0 Å². The molecule has 2 nitrogen and oxygen atoms in total. The summed E-state index contributed by atoms with van der Waals surface area (Å²) in [5, 5.41) is 3.71. The number of carbonyl (C=O) groups excluding carboxylic acids is 1. The average molecular weight is 414 g/mol. The summed E-state index contributed by atoms with van der Waals surface area (Å²) in [5.41, 5.74) is 1.83. The average Bonchev–Trinajstić information content (AvgIpc) is 2.43. The Bertz CT molecular complexity index is 625. The van der Waals surface area contributed by atoms with Gasteiger partial charge in [0.1, 0.15) is 0 Å². The summed E-state index contributed by atoms with van der Waals surface area (Å²) < 4.78 is 1.03. The van der Waals surface area contributed by atoms with Crippen LogP contribution in [0.25, 0.3) is 0 Å². The topological polar surface area (TPSA) is 29.1 Å². The molecule has 2 rings (SSSR count). The van der Waals surface area contributed by atoms with Gasteiger partial charge >= 0.3 is 0 Å². The number of hydrogen-bond donors (Lipinski definition) is 1. The molecule has 0 unspecified atom stereocenters. The van der Waals surface area contributed by atoms with Gasteiger partial charge in [0.2, 0.25) is 5.91 Å². The minimum absolute atomic E-state index is 0.0106. The van der Waals surface area contributed by atoms with E-state index in [0.29, 0.717) is 5.02 Å². The number of halogens is 2. The molecular formula is C17H17ClINO. The quantitative estimate of drug-likeness (QED) is 0.675. The van der Waals surface area contributed by atoms with Gasteiger partial charge in [-0.2, -0.15) is 0 Å². The number of rotatable bonds is 4. The van der Waals surface area contributed by atoms with Crippen molar-refractivity contribution >= 4 is 45.8 Å². The normalized spacial score (nSPS) is 12.2. The minimum Gasteiger partial charge on any atom is -0.325 e. The fourth-order valence-corrected chi connectivity index (χ4v) is 2.93. The predicted molar refractivity (Wildman–Crippen MR) is 96.8 cm³/mol. The van der Waals surface area contributed by atoms with Crippen molar-refractivity contribution in [3.63, 3.8) is 0 Å². The maximum atomic E-state index is 12.6. The van der Waals surface area contributed by atoms with Crippen molar-refractivity contribution in [2.24, 2.45) is 5.92 Å². The summed E-state index contributed by atoms with van der Waals surface area (Å²) in [7, 11) is 0. The van der Waals surface area contributed by atoms with Crippen molar-refractivity contribution in [3.05, 3.63) is 62.7 Å². The van der Waals surface area contributed by atoms with Gasteiger partial charge in [-0.25, -0.2) is 0 Å². The SMILES string of the molecule is CC(C)[C@H](C(=O)Nc1ccccc1I)c1ccc(Cl)cc1. The molecule has 2 aromatic rings. The molecule has 0 aliphatic carbocycles. The van der Waals surface area contributed by atoms with Crippen molar-refractivity contribution in [2.45, 2.75) is 19.8 Å². The first kappa shape index (κ1) is 16.3. The standard InChI is InChI=1S/C17H17ClINO/c1-11(2)16(12-7-9-13(18)10-8-12)17(21)20-15-6-4-3-5-14(15)19/h3-11,16H,1-2H3,(H,20,21)/t16-/m0/s1. The fraction of sp³-hybridized carbons (Fsp3) is 0.235. The van der Waals surface area contributed by atoms with Gasteiger partial charge in [-0.05, 0) is 58.3 Å². The summed E-state index contributed by atoms with van der Waals surface area (Å²) in [6, 6.07) is 15.3. The number of carbonyl (C=O) groups is 1. The van der Waals surface area contributed by atoms with Gasteiger partial charge in [0, 0.05) is 8.59 Å². The molecule has 1 amide bonds. The third-order valence-corrected chi connectivity index (χ3v) is 4.50. The summed E-state index contributed by atoms with van der Waals surface area (Å²) in [4.78, 5) is 12.6. The van der Waals surface area contributed by atoms with Gasteiger partial charge < -0.3 is 5.32 Å². The van der Waals surface area contributed by atoms with Crippen molar-refractivity contribution < 1.29 is 4.79 Å². The monoisotopic (exact) mass is 413 g/mol. The van der Waals surface area contributed by atoms with Crippen LogP contribution in [-0.4, -0.2) is 5.91 Å². The van der Waals surface area contributed by atoms with Gasteiger partial charge in [-0.1, -0.05) is 49.7 Å². The molecule has 0 aliphatic heterocycles. The van der Waals surface area contributed by atoms with Crippen molar-refractivity contribution in [1.82, 2.24) is 0 Å². The Morgan fingerprint density at radius 2 is 1.71 bits per heavy atom. The van der Waals surface area contributed by atoms with E-state index >= 15 is 0 Å². The van der Waals surface area contributed by atoms with Crippen LogP contribution < -0.4 is 5.32 Å². The highest BCUT2D eigenvalue weighted by molar-refractivity contribution is 14.1. The molecular weight excluding hydrogens is 397 g/mol. The number of hydrogen-bond acceptors (Lipinski definition) is 1. The molecule has 0 saturated heterocycles. The van der Waals surface area contributed by atoms with E-state index in [2.05, 4.69) is 41.8 Å². The molecule has 1 N–H and O–H groups in total. The van der Waals surface area contributed by atoms with E-state index in [1.54, 1.807) is 0 Å². The van der Waals surface area contributed by atoms with Crippen molar-refractivity contribution in [1.29, 1.82) is 0 Å². The van der Waals surface area contributed by atoms with E-state index in [0.717, 1.165) is 14.8 Å². The third-order valence-electron chi connectivity index (χ3n) is 3.31. The van der Waals surface area contributed by atoms with Gasteiger partial charge in [-0.3, -0.25) is 4.79 Å². The zero-order chi connectivity index (χ0) is 15.4. The number of para-hydroxylation sites is 1. The Hall–Kier alpha value is -1.07. The lowest BCUT2D eigenvalue weighted by Gasteiger charge is -2.21. The Labute approximate surface area is 144 Å². The third kappa shape index (κ3) is 4.20. The van der Waals surface area contributed by atoms with E-state index in [9.17, 15) is 4.79 Å². The predicted octanol–water partition coefficient (Wildman–Crippen LogP) is 5.32. The first-order valence-electron chi connectivity index (χ1n) is 6.80. The van der Waals surface area contributed by atoms with Crippen LogP contribution in [0.1, 0.15) is 25.3 Å². The molecule has 0 heterocycles. The van der Waals surface area contributed by atoms with Crippen LogP contribution in [0.4, 0.5) is 5.69 Å². The van der Waals surface area contributed by atoms with Crippen LogP contribution >= 0.6 is 34.2 Å². The molecule has 0 spiro atoms. The summed E-state index contributed by atoms with van der Waals surface area (Å²) in [5.74, 6) is 0.0160. The van der Waals surface area contributed by atoms with Crippen LogP contribution in [0.2, 0.25) is 5.02 Å². The molecule has 0 fully saturated rings. The summed E-state index contributed by atoms with van der Waals surface area (Å²) in [6.45, 7) is 4.10. The lowest BCUT2D eigenvalue weighted by atomic mass is 9.87. The highest BCUT2D eigenvalue weighted by Gasteiger charge is 2.24. The second-order valence-corrected chi connectivity index (χ2v) is 6.84. The zero-order valence-electron chi connectivity index (χ0n) is 11.9. The first-order chi connectivity index (χ1) is 9.99. The van der Waals surface area contributed by atoms with E-state index in [-0.39, 0.29) is 17.7 Å². The van der Waals surface area contributed by atoms with E-state index in [4.69, 9.17) is 11.6 Å². The number of anilines is 1. The van der Waals surface area contributed by atoms with Gasteiger partial charge in [0.15, 0.2) is 0 Å². The lowest BCUT2D eigenvalue weighted by molar-refractivity contribution is -0.118. The van der Waals surface area contributed by atoms with Crippen LogP contribution in [0.15, 0.2) is 48.5 Å². The molecule has 0 aromatic heterocycles. The highest BCUT2D eigenvalue weighted by atomic mass is 127. The largest absolute Gasteiger partial charge is 0.325 e. The molecule has 110 valence electrons. The summed E-state index contributed by atoms with van der Waals surface area (Å²) >= 11 is 8.15. The summed E-state index contributed by atoms with van der Waals surface area (Å²) in [6.07, 6.45) is 0. The van der Waals surface area contributed by atoms with Crippen molar-refractivity contribution in [2.75, 3.05) is 5.32 Å². The highest BCUT2D eigenvalue weighted by Crippen LogP contribution is 2.28. The van der Waals surface area contributed by atoms with Crippen LogP contribution in [0, 0.1) is 9.49 Å². The number of nitrogens with one attached hydrogen (secondary N) is 1. The Morgan fingerprint density at radius 1 is 1.10 bits per heavy atom. The van der Waals surface area contributed by atoms with Crippen LogP contribution in [-0.2, 0) is 4.79 Å². The molecule has 21 heavy (non-hydrogen) atoms. The Morgan fingerprint density at radius 3 is 2.29 bits per heavy atom. The molecule has 0 aliphatic rings. The van der Waals surface area contributed by atoms with Gasteiger partial charge in [-0.15, -0.1) is 0 Å². The Balaban J connectivity index is 2.24. The number of benzene rings is 2. The second kappa shape index (κ2) is 7.27. The number of amides is 1. The van der Waals surface area contributed by atoms with Crippen LogP contribution in [0.5, 0.6) is 0 Å². The molecule has 0 saturated carbocycles. The first-order valence-corrected chi connectivity index (χ1v) is 8.25. The Kier molecular flexibility index (Phi) is 5.65. The lowest BCUT2D eigenvalue weighted by Crippen LogP contribution is -2.25. The van der Waals surface area contributed by atoms with Gasteiger partial charge in [0.05, 0.1) is 11.6 Å². The van der Waals surface area contributed by atoms with Gasteiger partial charge in [0.25, 0.3) is 0 Å². The molecule has 0 bridgehead atoms. The molecule has 4 heteroatoms. The second-order valence-electron chi connectivity index (χ2n) is 5.24. The van der Waals surface area contributed by atoms with Crippen LogP contribution in [0.3, 0.4) is 0 Å². The molecule has 2 aromatic carbocycles. The zero-order valence-corrected chi connectivity index (χ0v) is 14.9. The van der Waals surface area contributed by atoms with Crippen molar-refractivity contribution in [3.8, 4) is 0 Å². The maximum Gasteiger partial charge on any atom is 0.232 e. The minimum atomic E-state index is -0.196. The fourth-order valence-electron chi connectivity index (χ4n) is 2.28. The van der Waals surface area contributed by atoms with E-state index in [1.807, 2.05) is 48.5 Å². The molecule has 0 radical (unpaired) electrons. The smallest absolute Gasteiger partial charge is 0.232 e. The van der Waals surface area contributed by atoms with E-state index < -0.39 is 0 Å².